The quantitative estimate of drug-likeness (QED) is 0.788. The van der Waals surface area contributed by atoms with Crippen LogP contribution < -0.4 is 16.0 Å². The average Bonchev–Trinajstić information content (AvgIpc) is 2.60. The summed E-state index contributed by atoms with van der Waals surface area (Å²) < 4.78 is 13.9. The van der Waals surface area contributed by atoms with E-state index in [0.717, 1.165) is 44.0 Å². The Labute approximate surface area is 162 Å². The normalized spacial score (nSPS) is 17.6. The van der Waals surface area contributed by atoms with E-state index in [-0.39, 0.29) is 36.1 Å². The van der Waals surface area contributed by atoms with Crippen LogP contribution in [-0.4, -0.2) is 49.6 Å². The maximum Gasteiger partial charge on any atom is 0.237 e. The summed E-state index contributed by atoms with van der Waals surface area (Å²) in [5.74, 6) is -0.435. The second-order valence-electron chi connectivity index (χ2n) is 7.12. The molecule has 1 aromatic rings. The number of rotatable bonds is 6. The number of nitrogens with one attached hydrogen (secondary N) is 1. The summed E-state index contributed by atoms with van der Waals surface area (Å²) in [4.78, 5) is 16.9. The summed E-state index contributed by atoms with van der Waals surface area (Å²) >= 11 is 0. The zero-order chi connectivity index (χ0) is 18.6. The third-order valence-corrected chi connectivity index (χ3v) is 5.00. The zero-order valence-electron chi connectivity index (χ0n) is 16.2. The van der Waals surface area contributed by atoms with Gasteiger partial charge in [-0.05, 0) is 37.6 Å². The molecule has 0 aromatic heterocycles. The van der Waals surface area contributed by atoms with Crippen molar-refractivity contribution in [1.82, 2.24) is 10.2 Å². The molecule has 2 rings (SSSR count). The highest BCUT2D eigenvalue weighted by molar-refractivity contribution is 5.85. The van der Waals surface area contributed by atoms with E-state index in [4.69, 9.17) is 5.73 Å². The monoisotopic (exact) mass is 386 g/mol. The van der Waals surface area contributed by atoms with Crippen LogP contribution in [0.25, 0.3) is 0 Å². The summed E-state index contributed by atoms with van der Waals surface area (Å²) in [6, 6.07) is 3.96. The van der Waals surface area contributed by atoms with Crippen LogP contribution in [0.2, 0.25) is 0 Å². The van der Waals surface area contributed by atoms with E-state index in [1.807, 2.05) is 26.8 Å². The fourth-order valence-electron chi connectivity index (χ4n) is 3.16. The Morgan fingerprint density at radius 1 is 1.23 bits per heavy atom. The predicted molar refractivity (Wildman–Crippen MR) is 107 cm³/mol. The van der Waals surface area contributed by atoms with Gasteiger partial charge in [0.1, 0.15) is 5.82 Å². The van der Waals surface area contributed by atoms with Crippen molar-refractivity contribution in [1.29, 1.82) is 0 Å². The van der Waals surface area contributed by atoms with E-state index in [0.29, 0.717) is 0 Å². The van der Waals surface area contributed by atoms with Gasteiger partial charge in [0.25, 0.3) is 0 Å². The van der Waals surface area contributed by atoms with Gasteiger partial charge in [0.05, 0.1) is 12.1 Å². The molecule has 0 aliphatic carbocycles. The predicted octanol–water partition coefficient (Wildman–Crippen LogP) is 2.55. The van der Waals surface area contributed by atoms with Crippen LogP contribution >= 0.6 is 12.4 Å². The number of carbonyl (C=O) groups is 1. The summed E-state index contributed by atoms with van der Waals surface area (Å²) in [5.41, 5.74) is 7.71. The van der Waals surface area contributed by atoms with Gasteiger partial charge in [-0.15, -0.1) is 12.4 Å². The van der Waals surface area contributed by atoms with Crippen LogP contribution in [-0.2, 0) is 4.79 Å². The first-order valence-electron chi connectivity index (χ1n) is 9.16. The number of nitrogens with zero attached hydrogens (tertiary/aromatic N) is 2. The molecule has 5 nitrogen and oxygen atoms in total. The van der Waals surface area contributed by atoms with Crippen molar-refractivity contribution < 1.29 is 9.18 Å². The number of hydrogen-bond acceptors (Lipinski definition) is 4. The lowest BCUT2D eigenvalue weighted by Crippen LogP contribution is -2.47. The standard InChI is InChI=1S/C19H31FN4O.ClH/c1-5-23-8-10-24(11-9-23)17-7-6-15(20)12-16(17)14(4)22-19(25)18(21)13(2)3;/h6-7,12-14,18H,5,8-11,21H2,1-4H3,(H,22,25);1H/t14?,18-;/m0./s1. The lowest BCUT2D eigenvalue weighted by Gasteiger charge is -2.37. The summed E-state index contributed by atoms with van der Waals surface area (Å²) in [5, 5.41) is 2.94. The number of nitrogens with two attached hydrogens (primary N) is 1. The number of anilines is 1. The Kier molecular flexibility index (Phi) is 8.80. The molecule has 1 fully saturated rings. The van der Waals surface area contributed by atoms with Crippen LogP contribution in [0.15, 0.2) is 18.2 Å². The van der Waals surface area contributed by atoms with E-state index in [9.17, 15) is 9.18 Å². The van der Waals surface area contributed by atoms with Gasteiger partial charge in [0.2, 0.25) is 5.91 Å². The van der Waals surface area contributed by atoms with E-state index in [1.165, 1.54) is 12.1 Å². The van der Waals surface area contributed by atoms with E-state index in [1.54, 1.807) is 0 Å². The average molecular weight is 387 g/mol. The summed E-state index contributed by atoms with van der Waals surface area (Å²) in [6.45, 7) is 12.7. The fourth-order valence-corrected chi connectivity index (χ4v) is 3.16. The van der Waals surface area contributed by atoms with Crippen molar-refractivity contribution in [2.75, 3.05) is 37.6 Å². The number of benzene rings is 1. The number of carbonyl (C=O) groups excluding carboxylic acids is 1. The van der Waals surface area contributed by atoms with Gasteiger partial charge < -0.3 is 20.9 Å². The Morgan fingerprint density at radius 2 is 1.85 bits per heavy atom. The molecule has 1 saturated heterocycles. The van der Waals surface area contributed by atoms with Crippen molar-refractivity contribution in [2.24, 2.45) is 11.7 Å². The maximum absolute atomic E-state index is 13.9. The number of likely N-dealkylation sites (N-methyl/N-ethyl adjacent to an activating group) is 1. The van der Waals surface area contributed by atoms with Gasteiger partial charge in [-0.1, -0.05) is 20.8 Å². The Bertz CT molecular complexity index is 591. The first-order chi connectivity index (χ1) is 11.8. The molecule has 7 heteroatoms. The first-order valence-corrected chi connectivity index (χ1v) is 9.16. The molecule has 1 amide bonds. The molecular formula is C19H32ClFN4O. The molecule has 1 unspecified atom stereocenters. The maximum atomic E-state index is 13.9. The van der Waals surface area contributed by atoms with Gasteiger partial charge in [-0.2, -0.15) is 0 Å². The third kappa shape index (κ3) is 5.56. The van der Waals surface area contributed by atoms with Crippen LogP contribution in [0.1, 0.15) is 39.3 Å². The smallest absolute Gasteiger partial charge is 0.237 e. The van der Waals surface area contributed by atoms with Crippen LogP contribution in [0.4, 0.5) is 10.1 Å². The van der Waals surface area contributed by atoms with Crippen molar-refractivity contribution >= 4 is 24.0 Å². The lowest BCUT2D eigenvalue weighted by atomic mass is 10.0. The minimum atomic E-state index is -0.562. The van der Waals surface area contributed by atoms with Gasteiger partial charge >= 0.3 is 0 Å². The molecule has 2 atom stereocenters. The van der Waals surface area contributed by atoms with E-state index in [2.05, 4.69) is 22.0 Å². The topological polar surface area (TPSA) is 61.6 Å². The highest BCUT2D eigenvalue weighted by atomic mass is 35.5. The Balaban J connectivity index is 0.00000338. The van der Waals surface area contributed by atoms with Crippen molar-refractivity contribution in [3.8, 4) is 0 Å². The van der Waals surface area contributed by atoms with Crippen molar-refractivity contribution in [3.05, 3.63) is 29.6 Å². The number of amides is 1. The van der Waals surface area contributed by atoms with Crippen molar-refractivity contribution in [2.45, 2.75) is 39.8 Å². The van der Waals surface area contributed by atoms with Gasteiger partial charge in [0.15, 0.2) is 0 Å². The number of halogens is 2. The number of hydrogen-bond donors (Lipinski definition) is 2. The van der Waals surface area contributed by atoms with Crippen molar-refractivity contribution in [3.63, 3.8) is 0 Å². The van der Waals surface area contributed by atoms with Crippen LogP contribution in [0.3, 0.4) is 0 Å². The Morgan fingerprint density at radius 3 is 2.38 bits per heavy atom. The molecule has 0 saturated carbocycles. The zero-order valence-corrected chi connectivity index (χ0v) is 17.0. The highest BCUT2D eigenvalue weighted by Crippen LogP contribution is 2.28. The molecular weight excluding hydrogens is 355 g/mol. The second-order valence-corrected chi connectivity index (χ2v) is 7.12. The van der Waals surface area contributed by atoms with Gasteiger partial charge in [-0.25, -0.2) is 4.39 Å². The molecule has 1 aliphatic rings. The summed E-state index contributed by atoms with van der Waals surface area (Å²) in [6.07, 6.45) is 0. The van der Waals surface area contributed by atoms with E-state index < -0.39 is 6.04 Å². The van der Waals surface area contributed by atoms with E-state index >= 15 is 0 Å². The Hall–Kier alpha value is -1.37. The minimum absolute atomic E-state index is 0. The molecule has 0 bridgehead atoms. The van der Waals surface area contributed by atoms with Crippen LogP contribution in [0, 0.1) is 11.7 Å². The molecule has 26 heavy (non-hydrogen) atoms. The number of piperazine rings is 1. The molecule has 1 aliphatic heterocycles. The first kappa shape index (κ1) is 22.7. The molecule has 0 spiro atoms. The molecule has 0 radical (unpaired) electrons. The van der Waals surface area contributed by atoms with Gasteiger partial charge in [-0.3, -0.25) is 4.79 Å². The minimum Gasteiger partial charge on any atom is -0.369 e. The largest absolute Gasteiger partial charge is 0.369 e. The molecule has 3 N–H and O–H groups in total. The summed E-state index contributed by atoms with van der Waals surface area (Å²) in [7, 11) is 0. The van der Waals surface area contributed by atoms with Crippen LogP contribution in [0.5, 0.6) is 0 Å². The molecule has 1 heterocycles. The third-order valence-electron chi connectivity index (χ3n) is 5.00. The highest BCUT2D eigenvalue weighted by Gasteiger charge is 2.24. The lowest BCUT2D eigenvalue weighted by molar-refractivity contribution is -0.123. The SMILES string of the molecule is CCN1CCN(c2ccc(F)cc2C(C)NC(=O)[C@@H](N)C(C)C)CC1.Cl. The van der Waals surface area contributed by atoms with Gasteiger partial charge in [0, 0.05) is 37.4 Å². The molecule has 1 aromatic carbocycles. The fraction of sp³-hybridized carbons (Fsp3) is 0.632. The second kappa shape index (κ2) is 10.1. The molecule has 148 valence electrons.